The summed E-state index contributed by atoms with van der Waals surface area (Å²) in [6.07, 6.45) is 4.45. The SMILES string of the molecule is C[C@H]1C[C@H]1c1ccc(CN(C(=O)Cn2ccc(=O)[nH]c2=O)C2CC2)o1. The largest absolute Gasteiger partial charge is 0.464 e. The molecule has 2 saturated carbocycles. The van der Waals surface area contributed by atoms with E-state index in [0.29, 0.717) is 18.4 Å². The lowest BCUT2D eigenvalue weighted by atomic mass is 10.3. The molecular formula is C18H21N3O4. The highest BCUT2D eigenvalue weighted by Crippen LogP contribution is 2.47. The van der Waals surface area contributed by atoms with E-state index in [2.05, 4.69) is 11.9 Å². The zero-order chi connectivity index (χ0) is 17.6. The van der Waals surface area contributed by atoms with Crippen LogP contribution in [0.5, 0.6) is 0 Å². The van der Waals surface area contributed by atoms with Crippen LogP contribution in [0.3, 0.4) is 0 Å². The van der Waals surface area contributed by atoms with E-state index in [9.17, 15) is 14.4 Å². The molecule has 0 unspecified atom stereocenters. The van der Waals surface area contributed by atoms with Crippen LogP contribution in [0.1, 0.15) is 43.6 Å². The number of aromatic amines is 1. The van der Waals surface area contributed by atoms with Crippen LogP contribution < -0.4 is 11.2 Å². The Kier molecular flexibility index (Phi) is 3.86. The number of nitrogens with one attached hydrogen (secondary N) is 1. The maximum atomic E-state index is 12.7. The molecule has 0 saturated heterocycles. The van der Waals surface area contributed by atoms with Crippen molar-refractivity contribution in [1.29, 1.82) is 0 Å². The molecule has 2 heterocycles. The molecule has 1 N–H and O–H groups in total. The second-order valence-electron chi connectivity index (χ2n) is 7.11. The fourth-order valence-corrected chi connectivity index (χ4v) is 3.18. The van der Waals surface area contributed by atoms with Crippen LogP contribution >= 0.6 is 0 Å². The number of furan rings is 1. The summed E-state index contributed by atoms with van der Waals surface area (Å²) in [5.74, 6) is 2.82. The normalized spacial score (nSPS) is 22.0. The van der Waals surface area contributed by atoms with Gasteiger partial charge in [-0.15, -0.1) is 0 Å². The lowest BCUT2D eigenvalue weighted by molar-refractivity contribution is -0.133. The molecule has 7 nitrogen and oxygen atoms in total. The lowest BCUT2D eigenvalue weighted by Gasteiger charge is -2.21. The summed E-state index contributed by atoms with van der Waals surface area (Å²) >= 11 is 0. The van der Waals surface area contributed by atoms with Gasteiger partial charge < -0.3 is 9.32 Å². The summed E-state index contributed by atoms with van der Waals surface area (Å²) in [6.45, 7) is 2.54. The van der Waals surface area contributed by atoms with Crippen molar-refractivity contribution in [3.05, 3.63) is 56.8 Å². The van der Waals surface area contributed by atoms with Gasteiger partial charge in [-0.1, -0.05) is 6.92 Å². The second kappa shape index (κ2) is 6.06. The first-order valence-corrected chi connectivity index (χ1v) is 8.69. The maximum absolute atomic E-state index is 12.7. The van der Waals surface area contributed by atoms with Gasteiger partial charge in [0.1, 0.15) is 18.1 Å². The molecule has 0 aliphatic heterocycles. The Morgan fingerprint density at radius 1 is 1.32 bits per heavy atom. The topological polar surface area (TPSA) is 88.3 Å². The van der Waals surface area contributed by atoms with Gasteiger partial charge in [0, 0.05) is 24.2 Å². The molecule has 25 heavy (non-hydrogen) atoms. The van der Waals surface area contributed by atoms with Crippen molar-refractivity contribution < 1.29 is 9.21 Å². The summed E-state index contributed by atoms with van der Waals surface area (Å²) in [5.41, 5.74) is -1.04. The second-order valence-corrected chi connectivity index (χ2v) is 7.11. The first-order valence-electron chi connectivity index (χ1n) is 8.69. The monoisotopic (exact) mass is 343 g/mol. The number of carbonyl (C=O) groups excluding carboxylic acids is 1. The molecule has 1 amide bonds. The Morgan fingerprint density at radius 2 is 2.08 bits per heavy atom. The molecule has 0 spiro atoms. The van der Waals surface area contributed by atoms with Crippen molar-refractivity contribution in [2.24, 2.45) is 5.92 Å². The zero-order valence-corrected chi connectivity index (χ0v) is 14.1. The highest BCUT2D eigenvalue weighted by atomic mass is 16.3. The van der Waals surface area contributed by atoms with Crippen LogP contribution in [-0.4, -0.2) is 26.4 Å². The number of nitrogens with zero attached hydrogens (tertiary/aromatic N) is 2. The van der Waals surface area contributed by atoms with E-state index in [-0.39, 0.29) is 18.5 Å². The fraction of sp³-hybridized carbons (Fsp3) is 0.500. The number of hydrogen-bond acceptors (Lipinski definition) is 4. The van der Waals surface area contributed by atoms with E-state index in [1.807, 2.05) is 12.1 Å². The highest BCUT2D eigenvalue weighted by Gasteiger charge is 2.37. The van der Waals surface area contributed by atoms with Gasteiger partial charge in [-0.2, -0.15) is 0 Å². The molecule has 2 atom stereocenters. The summed E-state index contributed by atoms with van der Waals surface area (Å²) < 4.78 is 7.14. The molecule has 2 aromatic heterocycles. The minimum absolute atomic E-state index is 0.0840. The molecule has 4 rings (SSSR count). The highest BCUT2D eigenvalue weighted by molar-refractivity contribution is 5.76. The first-order chi connectivity index (χ1) is 12.0. The van der Waals surface area contributed by atoms with Crippen molar-refractivity contribution in [3.63, 3.8) is 0 Å². The fourth-order valence-electron chi connectivity index (χ4n) is 3.18. The summed E-state index contributed by atoms with van der Waals surface area (Å²) in [7, 11) is 0. The number of amides is 1. The van der Waals surface area contributed by atoms with Crippen LogP contribution in [0.4, 0.5) is 0 Å². The van der Waals surface area contributed by atoms with Crippen molar-refractivity contribution in [1.82, 2.24) is 14.5 Å². The predicted molar refractivity (Wildman–Crippen MR) is 90.1 cm³/mol. The summed E-state index contributed by atoms with van der Waals surface area (Å²) in [4.78, 5) is 39.5. The smallest absolute Gasteiger partial charge is 0.328 e. The Balaban J connectivity index is 1.47. The van der Waals surface area contributed by atoms with Gasteiger partial charge >= 0.3 is 5.69 Å². The zero-order valence-electron chi connectivity index (χ0n) is 14.1. The molecule has 0 radical (unpaired) electrons. The molecule has 2 aromatic rings. The molecule has 7 heteroatoms. The number of carbonyl (C=O) groups is 1. The molecule has 2 aliphatic rings. The van der Waals surface area contributed by atoms with E-state index in [0.717, 1.165) is 30.8 Å². The van der Waals surface area contributed by atoms with E-state index in [1.54, 1.807) is 4.90 Å². The van der Waals surface area contributed by atoms with E-state index >= 15 is 0 Å². The van der Waals surface area contributed by atoms with Gasteiger partial charge in [-0.25, -0.2) is 4.79 Å². The predicted octanol–water partition coefficient (Wildman–Crippen LogP) is 1.44. The van der Waals surface area contributed by atoms with Gasteiger partial charge in [-0.3, -0.25) is 19.1 Å². The minimum Gasteiger partial charge on any atom is -0.464 e. The van der Waals surface area contributed by atoms with Crippen LogP contribution in [-0.2, 0) is 17.9 Å². The molecule has 0 bridgehead atoms. The summed E-state index contributed by atoms with van der Waals surface area (Å²) in [5, 5.41) is 0. The lowest BCUT2D eigenvalue weighted by Crippen LogP contribution is -2.39. The Hall–Kier alpha value is -2.57. The molecule has 0 aromatic carbocycles. The number of rotatable bonds is 6. The molecule has 2 fully saturated rings. The average Bonchev–Trinajstić information content (AvgIpc) is 3.48. The molecule has 132 valence electrons. The third kappa shape index (κ3) is 3.45. The van der Waals surface area contributed by atoms with Crippen LogP contribution in [0.25, 0.3) is 0 Å². The Morgan fingerprint density at radius 3 is 2.72 bits per heavy atom. The van der Waals surface area contributed by atoms with Crippen molar-refractivity contribution >= 4 is 5.91 Å². The third-order valence-corrected chi connectivity index (χ3v) is 4.99. The van der Waals surface area contributed by atoms with Gasteiger partial charge in [0.25, 0.3) is 5.56 Å². The average molecular weight is 343 g/mol. The first kappa shape index (κ1) is 15.9. The van der Waals surface area contributed by atoms with Gasteiger partial charge in [-0.05, 0) is 37.3 Å². The van der Waals surface area contributed by atoms with Crippen molar-refractivity contribution in [2.45, 2.75) is 51.2 Å². The van der Waals surface area contributed by atoms with Crippen LogP contribution in [0, 0.1) is 5.92 Å². The minimum atomic E-state index is -0.570. The standard InChI is InChI=1S/C18H21N3O4/c1-11-8-14(11)15-5-4-13(25-15)9-21(12-2-3-12)17(23)10-20-7-6-16(22)19-18(20)24/h4-7,11-12,14H,2-3,8-10H2,1H3,(H,19,22,24)/t11-,14+/m0/s1. The van der Waals surface area contributed by atoms with E-state index in [4.69, 9.17) is 4.42 Å². The number of aromatic nitrogens is 2. The summed E-state index contributed by atoms with van der Waals surface area (Å²) in [6, 6.07) is 5.39. The van der Waals surface area contributed by atoms with Gasteiger partial charge in [0.2, 0.25) is 5.91 Å². The van der Waals surface area contributed by atoms with Crippen LogP contribution in [0.2, 0.25) is 0 Å². The maximum Gasteiger partial charge on any atom is 0.328 e. The Labute approximate surface area is 144 Å². The number of hydrogen-bond donors (Lipinski definition) is 1. The molecular weight excluding hydrogens is 322 g/mol. The quantitative estimate of drug-likeness (QED) is 0.860. The number of H-pyrrole nitrogens is 1. The van der Waals surface area contributed by atoms with Crippen molar-refractivity contribution in [2.75, 3.05) is 0 Å². The van der Waals surface area contributed by atoms with Gasteiger partial charge in [0.15, 0.2) is 0 Å². The molecule has 2 aliphatic carbocycles. The van der Waals surface area contributed by atoms with Gasteiger partial charge in [0.05, 0.1) is 6.54 Å². The Bertz CT molecular complexity index is 905. The van der Waals surface area contributed by atoms with Crippen LogP contribution in [0.15, 0.2) is 38.4 Å². The third-order valence-electron chi connectivity index (χ3n) is 4.99. The van der Waals surface area contributed by atoms with E-state index < -0.39 is 11.2 Å². The van der Waals surface area contributed by atoms with Crippen molar-refractivity contribution in [3.8, 4) is 0 Å². The van der Waals surface area contributed by atoms with E-state index in [1.165, 1.54) is 16.8 Å².